The van der Waals surface area contributed by atoms with Gasteiger partial charge in [0.05, 0.1) is 20.3 Å². The lowest BCUT2D eigenvalue weighted by Gasteiger charge is -2.27. The summed E-state index contributed by atoms with van der Waals surface area (Å²) in [4.78, 5) is 0. The van der Waals surface area contributed by atoms with E-state index in [1.54, 1.807) is 7.11 Å². The van der Waals surface area contributed by atoms with Gasteiger partial charge in [0.15, 0.2) is 0 Å². The lowest BCUT2D eigenvalue weighted by Crippen LogP contribution is -2.26. The largest absolute Gasteiger partial charge is 0.496 e. The Kier molecular flexibility index (Phi) is 2.58. The summed E-state index contributed by atoms with van der Waals surface area (Å²) in [5.74, 6) is 1.47. The van der Waals surface area contributed by atoms with Crippen LogP contribution in [0.15, 0.2) is 12.1 Å². The molecule has 0 aliphatic carbocycles. The molecule has 1 atom stereocenters. The molecule has 1 aromatic rings. The second-order valence-corrected chi connectivity index (χ2v) is 4.49. The van der Waals surface area contributed by atoms with E-state index >= 15 is 0 Å². The summed E-state index contributed by atoms with van der Waals surface area (Å²) in [7, 11) is 1.73. The van der Waals surface area contributed by atoms with E-state index in [2.05, 4.69) is 17.4 Å². The molecular formula is C13H17NO2. The summed E-state index contributed by atoms with van der Waals surface area (Å²) in [5, 5.41) is 3.47. The van der Waals surface area contributed by atoms with Gasteiger partial charge in [-0.2, -0.15) is 0 Å². The fourth-order valence-electron chi connectivity index (χ4n) is 2.81. The highest BCUT2D eigenvalue weighted by molar-refractivity contribution is 5.48. The van der Waals surface area contributed by atoms with Crippen LogP contribution in [0, 0.1) is 0 Å². The third-order valence-corrected chi connectivity index (χ3v) is 3.56. The van der Waals surface area contributed by atoms with Crippen molar-refractivity contribution in [2.45, 2.75) is 18.9 Å². The van der Waals surface area contributed by atoms with Crippen molar-refractivity contribution >= 4 is 0 Å². The van der Waals surface area contributed by atoms with Crippen molar-refractivity contribution in [2.24, 2.45) is 0 Å². The molecule has 0 radical (unpaired) electrons. The van der Waals surface area contributed by atoms with E-state index in [0.717, 1.165) is 31.9 Å². The van der Waals surface area contributed by atoms with Crippen molar-refractivity contribution in [1.82, 2.24) is 5.32 Å². The maximum absolute atomic E-state index is 5.67. The van der Waals surface area contributed by atoms with Crippen LogP contribution >= 0.6 is 0 Å². The molecule has 2 aliphatic rings. The third-order valence-electron chi connectivity index (χ3n) is 3.56. The smallest absolute Gasteiger partial charge is 0.124 e. The van der Waals surface area contributed by atoms with Gasteiger partial charge in [0.25, 0.3) is 0 Å². The first-order chi connectivity index (χ1) is 7.90. The van der Waals surface area contributed by atoms with Crippen LogP contribution in [0.5, 0.6) is 5.75 Å². The second kappa shape index (κ2) is 4.07. The van der Waals surface area contributed by atoms with E-state index in [-0.39, 0.29) is 0 Å². The standard InChI is InChI=1S/C13H17NO2/c1-15-12-3-2-9-4-5-14-6-10-7-16-8-11(12)13(9)10/h2-3,10,14H,4-8H2,1H3. The molecule has 16 heavy (non-hydrogen) atoms. The van der Waals surface area contributed by atoms with Crippen LogP contribution in [0.3, 0.4) is 0 Å². The molecule has 0 aromatic heterocycles. The summed E-state index contributed by atoms with van der Waals surface area (Å²) in [5.41, 5.74) is 4.21. The van der Waals surface area contributed by atoms with Crippen LogP contribution in [-0.2, 0) is 17.8 Å². The molecule has 1 unspecified atom stereocenters. The first kappa shape index (κ1) is 10.1. The van der Waals surface area contributed by atoms with Crippen LogP contribution in [0.1, 0.15) is 22.6 Å². The Bertz CT molecular complexity index is 403. The first-order valence-electron chi connectivity index (χ1n) is 5.87. The zero-order valence-electron chi connectivity index (χ0n) is 9.58. The maximum Gasteiger partial charge on any atom is 0.124 e. The van der Waals surface area contributed by atoms with Crippen LogP contribution < -0.4 is 10.1 Å². The normalized spacial score (nSPS) is 23.4. The van der Waals surface area contributed by atoms with E-state index in [1.165, 1.54) is 16.7 Å². The Labute approximate surface area is 95.8 Å². The maximum atomic E-state index is 5.67. The fraction of sp³-hybridized carbons (Fsp3) is 0.538. The van der Waals surface area contributed by atoms with Gasteiger partial charge in [0.2, 0.25) is 0 Å². The predicted octanol–water partition coefficient (Wildman–Crippen LogP) is 1.45. The highest BCUT2D eigenvalue weighted by Gasteiger charge is 2.27. The molecule has 0 saturated carbocycles. The summed E-state index contributed by atoms with van der Waals surface area (Å²) in [6.45, 7) is 3.62. The van der Waals surface area contributed by atoms with Crippen molar-refractivity contribution in [3.8, 4) is 5.75 Å². The van der Waals surface area contributed by atoms with Crippen molar-refractivity contribution in [2.75, 3.05) is 26.8 Å². The van der Waals surface area contributed by atoms with Crippen LogP contribution in [0.25, 0.3) is 0 Å². The number of ether oxygens (including phenoxy) is 2. The van der Waals surface area contributed by atoms with E-state index in [0.29, 0.717) is 12.5 Å². The predicted molar refractivity (Wildman–Crippen MR) is 62.0 cm³/mol. The molecule has 1 N–H and O–H groups in total. The SMILES string of the molecule is COc1ccc2c3c1COCC3CNCC2. The zero-order valence-corrected chi connectivity index (χ0v) is 9.58. The molecular weight excluding hydrogens is 202 g/mol. The van der Waals surface area contributed by atoms with Crippen LogP contribution in [-0.4, -0.2) is 26.8 Å². The van der Waals surface area contributed by atoms with Gasteiger partial charge in [-0.1, -0.05) is 6.07 Å². The van der Waals surface area contributed by atoms with Crippen LogP contribution in [0.2, 0.25) is 0 Å². The molecule has 1 aromatic carbocycles. The van der Waals surface area contributed by atoms with Gasteiger partial charge in [-0.05, 0) is 30.2 Å². The third kappa shape index (κ3) is 1.51. The van der Waals surface area contributed by atoms with Crippen molar-refractivity contribution in [1.29, 1.82) is 0 Å². The summed E-state index contributed by atoms with van der Waals surface area (Å²) in [6.07, 6.45) is 1.11. The lowest BCUT2D eigenvalue weighted by atomic mass is 9.88. The molecule has 3 heteroatoms. The Balaban J connectivity index is 2.16. The van der Waals surface area contributed by atoms with E-state index in [9.17, 15) is 0 Å². The minimum absolute atomic E-state index is 0.497. The number of benzene rings is 1. The topological polar surface area (TPSA) is 30.5 Å². The molecule has 0 spiro atoms. The van der Waals surface area contributed by atoms with Crippen molar-refractivity contribution in [3.63, 3.8) is 0 Å². The summed E-state index contributed by atoms with van der Waals surface area (Å²) < 4.78 is 11.1. The van der Waals surface area contributed by atoms with E-state index in [1.807, 2.05) is 0 Å². The van der Waals surface area contributed by atoms with E-state index in [4.69, 9.17) is 9.47 Å². The highest BCUT2D eigenvalue weighted by atomic mass is 16.5. The van der Waals surface area contributed by atoms with Gasteiger partial charge in [-0.15, -0.1) is 0 Å². The van der Waals surface area contributed by atoms with Gasteiger partial charge in [0.1, 0.15) is 5.75 Å². The summed E-state index contributed by atoms with van der Waals surface area (Å²) in [6, 6.07) is 4.29. The number of methoxy groups -OCH3 is 1. The zero-order chi connectivity index (χ0) is 11.0. The number of rotatable bonds is 1. The fourth-order valence-corrected chi connectivity index (χ4v) is 2.81. The Morgan fingerprint density at radius 3 is 3.25 bits per heavy atom. The summed E-state index contributed by atoms with van der Waals surface area (Å²) >= 11 is 0. The molecule has 3 rings (SSSR count). The molecule has 2 heterocycles. The van der Waals surface area contributed by atoms with Gasteiger partial charge in [0, 0.05) is 18.0 Å². The number of hydrogen-bond acceptors (Lipinski definition) is 3. The molecule has 2 aliphatic heterocycles. The Morgan fingerprint density at radius 1 is 1.44 bits per heavy atom. The molecule has 0 fully saturated rings. The number of hydrogen-bond donors (Lipinski definition) is 1. The molecule has 0 saturated heterocycles. The quantitative estimate of drug-likeness (QED) is 0.775. The lowest BCUT2D eigenvalue weighted by molar-refractivity contribution is 0.0892. The average molecular weight is 219 g/mol. The first-order valence-corrected chi connectivity index (χ1v) is 5.87. The molecule has 86 valence electrons. The molecule has 0 amide bonds. The van der Waals surface area contributed by atoms with Gasteiger partial charge >= 0.3 is 0 Å². The minimum atomic E-state index is 0.497. The van der Waals surface area contributed by atoms with Gasteiger partial charge < -0.3 is 14.8 Å². The van der Waals surface area contributed by atoms with Gasteiger partial charge in [-0.25, -0.2) is 0 Å². The highest BCUT2D eigenvalue weighted by Crippen LogP contribution is 2.36. The Hall–Kier alpha value is -1.06. The van der Waals surface area contributed by atoms with Crippen LogP contribution in [0.4, 0.5) is 0 Å². The molecule has 3 nitrogen and oxygen atoms in total. The van der Waals surface area contributed by atoms with Gasteiger partial charge in [-0.3, -0.25) is 0 Å². The monoisotopic (exact) mass is 219 g/mol. The van der Waals surface area contributed by atoms with Crippen molar-refractivity contribution < 1.29 is 9.47 Å². The second-order valence-electron chi connectivity index (χ2n) is 4.49. The number of nitrogens with one attached hydrogen (secondary N) is 1. The van der Waals surface area contributed by atoms with Crippen molar-refractivity contribution in [3.05, 3.63) is 28.8 Å². The van der Waals surface area contributed by atoms with E-state index < -0.39 is 0 Å². The minimum Gasteiger partial charge on any atom is -0.496 e. The Morgan fingerprint density at radius 2 is 2.38 bits per heavy atom. The molecule has 0 bridgehead atoms. The average Bonchev–Trinajstić information content (AvgIpc) is 2.54.